The van der Waals surface area contributed by atoms with E-state index in [1.165, 1.54) is 40.3 Å². The Labute approximate surface area is 183 Å². The highest BCUT2D eigenvalue weighted by atomic mass is 16.5. The van der Waals surface area contributed by atoms with Crippen molar-refractivity contribution in [1.82, 2.24) is 4.98 Å². The van der Waals surface area contributed by atoms with Gasteiger partial charge in [-0.05, 0) is 90.0 Å². The van der Waals surface area contributed by atoms with Gasteiger partial charge in [0.1, 0.15) is 5.78 Å². The van der Waals surface area contributed by atoms with E-state index in [4.69, 9.17) is 4.74 Å². The van der Waals surface area contributed by atoms with Crippen LogP contribution in [0.15, 0.2) is 60.0 Å². The molecule has 3 heterocycles. The van der Waals surface area contributed by atoms with Crippen molar-refractivity contribution >= 4 is 16.6 Å². The molecule has 3 nitrogen and oxygen atoms in total. The molecule has 0 N–H and O–H groups in total. The topological polar surface area (TPSA) is 39.2 Å². The largest absolute Gasteiger partial charge is 0.359 e. The van der Waals surface area contributed by atoms with Crippen LogP contribution in [0.3, 0.4) is 0 Å². The number of carbonyl (C=O) groups is 1. The standard InChI is InChI=1S/C28H29NO2/c1-26-10-8-22-15-21-4-5-23(30)16-27(21)11-12-28(22,31-27)25(26)7-6-24(26)19-3-2-18-9-13-29-17-20(18)14-19/h2-3,8-9,13-15,17,24-25H,4-7,10-12,16H2,1H3/t24?,25-,26-,27-,28-/m1/s1. The van der Waals surface area contributed by atoms with Crippen LogP contribution in [0.2, 0.25) is 0 Å². The lowest BCUT2D eigenvalue weighted by atomic mass is 9.58. The first-order valence-corrected chi connectivity index (χ1v) is 12.0. The van der Waals surface area contributed by atoms with Crippen LogP contribution in [0.1, 0.15) is 69.8 Å². The zero-order valence-electron chi connectivity index (χ0n) is 18.2. The smallest absolute Gasteiger partial charge is 0.136 e. The Kier molecular flexibility index (Phi) is 3.52. The lowest BCUT2D eigenvalue weighted by molar-refractivity contribution is -0.146. The second-order valence-corrected chi connectivity index (χ2v) is 10.9. The van der Waals surface area contributed by atoms with Crippen LogP contribution in [-0.2, 0) is 9.53 Å². The molecule has 5 atom stereocenters. The second-order valence-electron chi connectivity index (χ2n) is 10.9. The van der Waals surface area contributed by atoms with Crippen molar-refractivity contribution in [1.29, 1.82) is 0 Å². The van der Waals surface area contributed by atoms with Crippen molar-refractivity contribution in [2.45, 2.75) is 75.4 Å². The molecule has 1 aromatic carbocycles. The van der Waals surface area contributed by atoms with Crippen molar-refractivity contribution < 1.29 is 9.53 Å². The van der Waals surface area contributed by atoms with E-state index in [-0.39, 0.29) is 16.6 Å². The highest BCUT2D eigenvalue weighted by Crippen LogP contribution is 2.69. The molecule has 158 valence electrons. The van der Waals surface area contributed by atoms with Crippen LogP contribution in [0, 0.1) is 11.3 Å². The van der Waals surface area contributed by atoms with Gasteiger partial charge >= 0.3 is 0 Å². The van der Waals surface area contributed by atoms with Gasteiger partial charge < -0.3 is 4.74 Å². The molecule has 2 saturated carbocycles. The lowest BCUT2D eigenvalue weighted by Gasteiger charge is -2.53. The Bertz CT molecular complexity index is 1190. The molecule has 2 spiro atoms. The number of Topliss-reactive ketones (excluding diaryl/α,β-unsaturated/α-hetero) is 1. The molecule has 2 aliphatic heterocycles. The number of ketones is 1. The number of hydrogen-bond donors (Lipinski definition) is 0. The normalized spacial score (nSPS) is 40.7. The fraction of sp³-hybridized carbons (Fsp3) is 0.500. The van der Waals surface area contributed by atoms with Crippen LogP contribution in [-0.4, -0.2) is 22.0 Å². The summed E-state index contributed by atoms with van der Waals surface area (Å²) >= 11 is 0. The summed E-state index contributed by atoms with van der Waals surface area (Å²) in [5.74, 6) is 1.44. The second kappa shape index (κ2) is 5.95. The van der Waals surface area contributed by atoms with E-state index in [1.54, 1.807) is 0 Å². The molecule has 3 aliphatic carbocycles. The van der Waals surface area contributed by atoms with Gasteiger partial charge in [-0.2, -0.15) is 0 Å². The molecule has 2 aromatic rings. The molecule has 0 amide bonds. The number of allylic oxidation sites excluding steroid dienone is 1. The Morgan fingerprint density at radius 3 is 2.97 bits per heavy atom. The van der Waals surface area contributed by atoms with Gasteiger partial charge in [-0.25, -0.2) is 0 Å². The summed E-state index contributed by atoms with van der Waals surface area (Å²) in [5, 5.41) is 2.50. The van der Waals surface area contributed by atoms with E-state index in [1.807, 2.05) is 12.4 Å². The van der Waals surface area contributed by atoms with E-state index < -0.39 is 0 Å². The average Bonchev–Trinajstić information content (AvgIpc) is 3.28. The predicted molar refractivity (Wildman–Crippen MR) is 121 cm³/mol. The molecular weight excluding hydrogens is 382 g/mol. The number of rotatable bonds is 1. The van der Waals surface area contributed by atoms with Gasteiger partial charge in [-0.3, -0.25) is 9.78 Å². The van der Waals surface area contributed by atoms with Gasteiger partial charge in [0, 0.05) is 30.6 Å². The highest BCUT2D eigenvalue weighted by Gasteiger charge is 2.66. The average molecular weight is 412 g/mol. The summed E-state index contributed by atoms with van der Waals surface area (Å²) in [7, 11) is 0. The first-order valence-electron chi connectivity index (χ1n) is 12.0. The zero-order chi connectivity index (χ0) is 20.8. The number of ether oxygens (including phenoxy) is 1. The molecule has 1 aromatic heterocycles. The molecule has 3 heteroatoms. The molecule has 1 saturated heterocycles. The van der Waals surface area contributed by atoms with Crippen molar-refractivity contribution in [3.63, 3.8) is 0 Å². The summed E-state index contributed by atoms with van der Waals surface area (Å²) in [6.45, 7) is 2.50. The third-order valence-electron chi connectivity index (χ3n) is 9.57. The fourth-order valence-corrected chi connectivity index (χ4v) is 8.09. The number of carbonyl (C=O) groups excluding carboxylic acids is 1. The van der Waals surface area contributed by atoms with E-state index in [0.29, 0.717) is 30.5 Å². The van der Waals surface area contributed by atoms with E-state index in [2.05, 4.69) is 48.3 Å². The van der Waals surface area contributed by atoms with Gasteiger partial charge in [0.15, 0.2) is 0 Å². The predicted octanol–water partition coefficient (Wildman–Crippen LogP) is 6.05. The van der Waals surface area contributed by atoms with E-state index in [9.17, 15) is 4.79 Å². The summed E-state index contributed by atoms with van der Waals surface area (Å²) in [5.41, 5.74) is 3.99. The first-order chi connectivity index (χ1) is 15.0. The number of nitrogens with zero attached hydrogens (tertiary/aromatic N) is 1. The highest BCUT2D eigenvalue weighted by molar-refractivity contribution is 5.83. The molecule has 2 bridgehead atoms. The Morgan fingerprint density at radius 2 is 2.03 bits per heavy atom. The van der Waals surface area contributed by atoms with Gasteiger partial charge in [-0.15, -0.1) is 0 Å². The van der Waals surface area contributed by atoms with E-state index >= 15 is 0 Å². The maximum Gasteiger partial charge on any atom is 0.136 e. The summed E-state index contributed by atoms with van der Waals surface area (Å²) in [6.07, 6.45) is 16.6. The lowest BCUT2D eigenvalue weighted by Crippen LogP contribution is -2.53. The van der Waals surface area contributed by atoms with Crippen molar-refractivity contribution in [2.24, 2.45) is 11.3 Å². The van der Waals surface area contributed by atoms with Crippen molar-refractivity contribution in [2.75, 3.05) is 0 Å². The SMILES string of the molecule is C[C@]12CC=C3C=C4CCC(=O)C[C@]45CC[C@]3(O5)[C@@H]1CCC2c1ccc2ccncc2c1. The van der Waals surface area contributed by atoms with Crippen LogP contribution in [0.4, 0.5) is 0 Å². The summed E-state index contributed by atoms with van der Waals surface area (Å²) in [6, 6.07) is 9.06. The summed E-state index contributed by atoms with van der Waals surface area (Å²) in [4.78, 5) is 16.7. The molecule has 5 aliphatic rings. The van der Waals surface area contributed by atoms with Crippen LogP contribution < -0.4 is 0 Å². The minimum absolute atomic E-state index is 0.179. The van der Waals surface area contributed by atoms with Crippen LogP contribution >= 0.6 is 0 Å². The number of hydrogen-bond acceptors (Lipinski definition) is 3. The fourth-order valence-electron chi connectivity index (χ4n) is 8.09. The van der Waals surface area contributed by atoms with Gasteiger partial charge in [0.05, 0.1) is 11.2 Å². The Hall–Kier alpha value is -2.26. The third kappa shape index (κ3) is 2.28. The quantitative estimate of drug-likeness (QED) is 0.574. The first kappa shape index (κ1) is 18.3. The van der Waals surface area contributed by atoms with Crippen LogP contribution in [0.5, 0.6) is 0 Å². The van der Waals surface area contributed by atoms with Gasteiger partial charge in [-0.1, -0.05) is 31.2 Å². The van der Waals surface area contributed by atoms with Crippen molar-refractivity contribution in [3.05, 3.63) is 65.5 Å². The number of aromatic nitrogens is 1. The monoisotopic (exact) mass is 411 g/mol. The van der Waals surface area contributed by atoms with Crippen LogP contribution in [0.25, 0.3) is 10.8 Å². The van der Waals surface area contributed by atoms with Gasteiger partial charge in [0.25, 0.3) is 0 Å². The Morgan fingerprint density at radius 1 is 1.10 bits per heavy atom. The third-order valence-corrected chi connectivity index (χ3v) is 9.57. The van der Waals surface area contributed by atoms with E-state index in [0.717, 1.165) is 25.7 Å². The minimum atomic E-state index is -0.294. The molecule has 0 radical (unpaired) electrons. The summed E-state index contributed by atoms with van der Waals surface area (Å²) < 4.78 is 7.12. The maximum atomic E-state index is 12.4. The molecule has 1 unspecified atom stereocenters. The molecule has 31 heavy (non-hydrogen) atoms. The molecular formula is C28H29NO2. The number of fused-ring (bicyclic) bond motifs is 2. The molecule has 3 fully saturated rings. The minimum Gasteiger partial charge on any atom is -0.359 e. The van der Waals surface area contributed by atoms with Crippen molar-refractivity contribution in [3.8, 4) is 0 Å². The number of benzene rings is 1. The van der Waals surface area contributed by atoms with Gasteiger partial charge in [0.2, 0.25) is 0 Å². The Balaban J connectivity index is 1.31. The zero-order valence-corrected chi connectivity index (χ0v) is 18.2. The maximum absolute atomic E-state index is 12.4. The number of pyridine rings is 1. The molecule has 7 rings (SSSR count).